The fraction of sp³-hybridized carbons (Fsp3) is 0.400. The number of nitrogens with zero attached hydrogens (tertiary/aromatic N) is 2. The number of thiocarbonyl (C=S) groups is 1. The van der Waals surface area contributed by atoms with Crippen LogP contribution in [0.5, 0.6) is 0 Å². The topological polar surface area (TPSA) is 121 Å². The minimum Gasteiger partial charge on any atom is -0.479 e. The average molecular weight is 382 g/mol. The molecule has 0 radical (unpaired) electrons. The standard InChI is InChI=1S/C15H14N2O6S2/c1-7(18)10-11(19)16-12(10)25-14(24)15(16,13(20)21)6-8-2-4-9(5-3-8)17(22)23/h2-5,7,10,12,18H,6H2,1H3,(H,20,21)/t7-,10-,12?,15?/m1/s1. The SMILES string of the molecule is C[C@@H](O)[C@@H]1C(=O)N2C1SC(=S)C2(Cc1ccc([N+](=O)[O-])cc1)C(=O)O. The molecule has 25 heavy (non-hydrogen) atoms. The van der Waals surface area contributed by atoms with Crippen molar-refractivity contribution in [2.75, 3.05) is 0 Å². The number of benzene rings is 1. The number of β-lactam (4-membered cyclic amide) rings is 1. The number of fused-ring (bicyclic) bond motifs is 1. The number of aliphatic carboxylic acids is 1. The molecule has 0 aliphatic carbocycles. The van der Waals surface area contributed by atoms with Gasteiger partial charge in [-0.2, -0.15) is 0 Å². The van der Waals surface area contributed by atoms with E-state index in [1.54, 1.807) is 0 Å². The zero-order valence-corrected chi connectivity index (χ0v) is 14.6. The molecule has 0 spiro atoms. The van der Waals surface area contributed by atoms with Crippen LogP contribution in [0.25, 0.3) is 0 Å². The third kappa shape index (κ3) is 2.52. The van der Waals surface area contributed by atoms with E-state index >= 15 is 0 Å². The van der Waals surface area contributed by atoms with Gasteiger partial charge >= 0.3 is 5.97 Å². The van der Waals surface area contributed by atoms with Crippen LogP contribution >= 0.6 is 24.0 Å². The molecule has 0 aromatic heterocycles. The van der Waals surface area contributed by atoms with Crippen molar-refractivity contribution in [3.05, 3.63) is 39.9 Å². The van der Waals surface area contributed by atoms with E-state index in [0.29, 0.717) is 5.56 Å². The minimum atomic E-state index is -1.69. The first kappa shape index (κ1) is 17.8. The highest BCUT2D eigenvalue weighted by molar-refractivity contribution is 8.24. The van der Waals surface area contributed by atoms with Crippen LogP contribution in [0.1, 0.15) is 12.5 Å². The predicted molar refractivity (Wildman–Crippen MR) is 93.2 cm³/mol. The molecular weight excluding hydrogens is 368 g/mol. The fourth-order valence-electron chi connectivity index (χ4n) is 3.22. The number of aliphatic hydroxyl groups excluding tert-OH is 1. The second kappa shape index (κ2) is 6.04. The molecule has 4 atom stereocenters. The van der Waals surface area contributed by atoms with Crippen molar-refractivity contribution in [3.63, 3.8) is 0 Å². The third-order valence-electron chi connectivity index (χ3n) is 4.54. The van der Waals surface area contributed by atoms with Crippen LogP contribution < -0.4 is 0 Å². The second-order valence-corrected chi connectivity index (χ2v) is 7.83. The van der Waals surface area contributed by atoms with Gasteiger partial charge in [-0.15, -0.1) is 0 Å². The zero-order valence-electron chi connectivity index (χ0n) is 13.0. The Morgan fingerprint density at radius 3 is 2.56 bits per heavy atom. The van der Waals surface area contributed by atoms with Gasteiger partial charge in [0.05, 0.1) is 26.5 Å². The van der Waals surface area contributed by atoms with E-state index in [2.05, 4.69) is 0 Å². The maximum atomic E-state index is 12.4. The van der Waals surface area contributed by atoms with Crippen molar-refractivity contribution in [2.24, 2.45) is 5.92 Å². The van der Waals surface area contributed by atoms with E-state index in [9.17, 15) is 29.9 Å². The summed E-state index contributed by atoms with van der Waals surface area (Å²) in [6.07, 6.45) is -0.978. The molecule has 2 heterocycles. The number of aliphatic hydroxyl groups is 1. The number of nitro benzene ring substituents is 1. The summed E-state index contributed by atoms with van der Waals surface area (Å²) in [6.45, 7) is 1.49. The van der Waals surface area contributed by atoms with Crippen molar-refractivity contribution in [2.45, 2.75) is 30.4 Å². The monoisotopic (exact) mass is 382 g/mol. The number of carboxylic acids is 1. The molecule has 1 amide bonds. The van der Waals surface area contributed by atoms with Crippen molar-refractivity contribution in [1.82, 2.24) is 4.90 Å². The van der Waals surface area contributed by atoms with E-state index in [1.165, 1.54) is 36.1 Å². The molecule has 0 saturated carbocycles. The lowest BCUT2D eigenvalue weighted by Gasteiger charge is -2.48. The number of thioether (sulfide) groups is 1. The fourth-order valence-corrected chi connectivity index (χ4v) is 5.33. The van der Waals surface area contributed by atoms with E-state index in [4.69, 9.17) is 12.2 Å². The molecular formula is C15H14N2O6S2. The number of non-ortho nitro benzene ring substituents is 1. The third-order valence-corrected chi connectivity index (χ3v) is 6.47. The lowest BCUT2D eigenvalue weighted by molar-refractivity contribution is -0.384. The van der Waals surface area contributed by atoms with Gasteiger partial charge in [-0.3, -0.25) is 14.9 Å². The number of nitro groups is 1. The summed E-state index contributed by atoms with van der Waals surface area (Å²) in [5.41, 5.74) is -1.28. The first-order valence-electron chi connectivity index (χ1n) is 7.39. The predicted octanol–water partition coefficient (Wildman–Crippen LogP) is 1.20. The largest absolute Gasteiger partial charge is 0.479 e. The van der Waals surface area contributed by atoms with Gasteiger partial charge in [0.15, 0.2) is 5.54 Å². The molecule has 8 nitrogen and oxygen atoms in total. The average Bonchev–Trinajstić information content (AvgIpc) is 2.77. The highest BCUT2D eigenvalue weighted by Gasteiger charge is 2.68. The molecule has 2 N–H and O–H groups in total. The van der Waals surface area contributed by atoms with Crippen molar-refractivity contribution in [1.29, 1.82) is 0 Å². The van der Waals surface area contributed by atoms with Crippen LogP contribution in [0, 0.1) is 16.0 Å². The molecule has 132 valence electrons. The molecule has 2 saturated heterocycles. The number of rotatable bonds is 5. The van der Waals surface area contributed by atoms with Gasteiger partial charge in [-0.1, -0.05) is 36.1 Å². The van der Waals surface area contributed by atoms with E-state index in [-0.39, 0.29) is 16.3 Å². The Hall–Kier alpha value is -2.04. The van der Waals surface area contributed by atoms with Gasteiger partial charge in [0.2, 0.25) is 5.91 Å². The number of hydrogen-bond donors (Lipinski definition) is 2. The van der Waals surface area contributed by atoms with Crippen LogP contribution in [0.3, 0.4) is 0 Å². The number of carboxylic acid groups (broad SMARTS) is 1. The maximum absolute atomic E-state index is 12.4. The van der Waals surface area contributed by atoms with E-state index < -0.39 is 39.7 Å². The van der Waals surface area contributed by atoms with Gasteiger partial charge in [-0.25, -0.2) is 4.79 Å². The Balaban J connectivity index is 1.95. The lowest BCUT2D eigenvalue weighted by atomic mass is 9.82. The highest BCUT2D eigenvalue weighted by Crippen LogP contribution is 2.52. The molecule has 1 aromatic rings. The highest BCUT2D eigenvalue weighted by atomic mass is 32.2. The maximum Gasteiger partial charge on any atom is 0.336 e. The van der Waals surface area contributed by atoms with Crippen LogP contribution in [0.2, 0.25) is 0 Å². The number of hydrogen-bond acceptors (Lipinski definition) is 7. The molecule has 2 unspecified atom stereocenters. The summed E-state index contributed by atoms with van der Waals surface area (Å²) >= 11 is 6.39. The first-order valence-corrected chi connectivity index (χ1v) is 8.68. The molecule has 2 fully saturated rings. The Morgan fingerprint density at radius 1 is 1.48 bits per heavy atom. The van der Waals surface area contributed by atoms with Gasteiger partial charge in [0.1, 0.15) is 0 Å². The van der Waals surface area contributed by atoms with Crippen LogP contribution in [-0.2, 0) is 16.0 Å². The summed E-state index contributed by atoms with van der Waals surface area (Å²) in [5.74, 6) is -2.37. The summed E-state index contributed by atoms with van der Waals surface area (Å²) in [6, 6.07) is 5.48. The van der Waals surface area contributed by atoms with Crippen LogP contribution in [-0.4, -0.2) is 53.1 Å². The second-order valence-electron chi connectivity index (χ2n) is 6.04. The van der Waals surface area contributed by atoms with Crippen molar-refractivity contribution >= 4 is 45.7 Å². The van der Waals surface area contributed by atoms with Gasteiger partial charge < -0.3 is 15.1 Å². The summed E-state index contributed by atoms with van der Waals surface area (Å²) in [4.78, 5) is 35.9. The Morgan fingerprint density at radius 2 is 2.08 bits per heavy atom. The van der Waals surface area contributed by atoms with Gasteiger partial charge in [-0.05, 0) is 12.5 Å². The normalized spacial score (nSPS) is 29.1. The molecule has 2 aliphatic heterocycles. The number of amides is 1. The van der Waals surface area contributed by atoms with E-state index in [0.717, 1.165) is 11.8 Å². The Labute approximate surface area is 152 Å². The van der Waals surface area contributed by atoms with Crippen LogP contribution in [0.15, 0.2) is 24.3 Å². The minimum absolute atomic E-state index is 0.0824. The van der Waals surface area contributed by atoms with Crippen molar-refractivity contribution < 1.29 is 24.7 Å². The quantitative estimate of drug-likeness (QED) is 0.337. The molecule has 10 heteroatoms. The van der Waals surface area contributed by atoms with Crippen molar-refractivity contribution in [3.8, 4) is 0 Å². The van der Waals surface area contributed by atoms with Crippen LogP contribution in [0.4, 0.5) is 5.69 Å². The summed E-state index contributed by atoms with van der Waals surface area (Å²) in [5, 5.41) is 29.8. The summed E-state index contributed by atoms with van der Waals surface area (Å²) in [7, 11) is 0. The lowest BCUT2D eigenvalue weighted by Crippen LogP contribution is -2.70. The zero-order chi connectivity index (χ0) is 18.5. The molecule has 2 aliphatic rings. The Bertz CT molecular complexity index is 781. The number of carbonyl (C=O) groups is 2. The molecule has 3 rings (SSSR count). The number of carbonyl (C=O) groups excluding carboxylic acids is 1. The van der Waals surface area contributed by atoms with E-state index in [1.807, 2.05) is 0 Å². The molecule has 0 bridgehead atoms. The first-order chi connectivity index (χ1) is 11.7. The molecule has 1 aromatic carbocycles. The smallest absolute Gasteiger partial charge is 0.336 e. The van der Waals surface area contributed by atoms with Gasteiger partial charge in [0.25, 0.3) is 5.69 Å². The summed E-state index contributed by atoms with van der Waals surface area (Å²) < 4.78 is 0.153. The van der Waals surface area contributed by atoms with Gasteiger partial charge in [0, 0.05) is 18.6 Å². The Kier molecular flexibility index (Phi) is 4.30.